The number of benzene rings is 2. The Balaban J connectivity index is 1.38. The predicted molar refractivity (Wildman–Crippen MR) is 105 cm³/mol. The van der Waals surface area contributed by atoms with Gasteiger partial charge in [-0.3, -0.25) is 4.79 Å². The van der Waals surface area contributed by atoms with Gasteiger partial charge in [-0.25, -0.2) is 0 Å². The molecule has 2 aliphatic heterocycles. The van der Waals surface area contributed by atoms with Gasteiger partial charge in [-0.05, 0) is 42.5 Å². The molecule has 0 saturated carbocycles. The fourth-order valence-corrected chi connectivity index (χ4v) is 4.09. The van der Waals surface area contributed by atoms with E-state index in [1.807, 2.05) is 0 Å². The molecule has 1 saturated heterocycles. The van der Waals surface area contributed by atoms with E-state index in [0.717, 1.165) is 32.5 Å². The molecule has 0 bridgehead atoms. The van der Waals surface area contributed by atoms with Gasteiger partial charge in [0, 0.05) is 43.8 Å². The van der Waals surface area contributed by atoms with Crippen molar-refractivity contribution in [3.63, 3.8) is 0 Å². The molecular formula is C22H27N3O. The Bertz CT molecular complexity index is 774. The van der Waals surface area contributed by atoms with Crippen LogP contribution in [0.5, 0.6) is 0 Å². The Morgan fingerprint density at radius 2 is 1.96 bits per heavy atom. The molecule has 2 unspecified atom stereocenters. The maximum atomic E-state index is 11.4. The molecule has 136 valence electrons. The number of piperidine rings is 1. The number of rotatable bonds is 5. The third-order valence-corrected chi connectivity index (χ3v) is 5.59. The molecule has 0 aliphatic carbocycles. The summed E-state index contributed by atoms with van der Waals surface area (Å²) in [5.74, 6) is 0.173. The van der Waals surface area contributed by atoms with Gasteiger partial charge in [-0.15, -0.1) is 0 Å². The summed E-state index contributed by atoms with van der Waals surface area (Å²) < 4.78 is 0. The van der Waals surface area contributed by atoms with Gasteiger partial charge in [0.2, 0.25) is 5.91 Å². The molecule has 0 radical (unpaired) electrons. The molecular weight excluding hydrogens is 322 g/mol. The van der Waals surface area contributed by atoms with Crippen molar-refractivity contribution in [2.45, 2.75) is 51.4 Å². The van der Waals surface area contributed by atoms with Crippen LogP contribution in [-0.2, 0) is 24.3 Å². The molecule has 2 heterocycles. The topological polar surface area (TPSA) is 44.4 Å². The van der Waals surface area contributed by atoms with Crippen LogP contribution >= 0.6 is 0 Å². The Labute approximate surface area is 155 Å². The first kappa shape index (κ1) is 17.1. The summed E-state index contributed by atoms with van der Waals surface area (Å²) in [6.45, 7) is 5.01. The van der Waals surface area contributed by atoms with Crippen molar-refractivity contribution in [2.24, 2.45) is 0 Å². The van der Waals surface area contributed by atoms with Crippen molar-refractivity contribution in [3.8, 4) is 0 Å². The van der Waals surface area contributed by atoms with Gasteiger partial charge in [0.25, 0.3) is 0 Å². The lowest BCUT2D eigenvalue weighted by Crippen LogP contribution is -2.52. The first-order chi connectivity index (χ1) is 12.7. The van der Waals surface area contributed by atoms with E-state index in [2.05, 4.69) is 71.0 Å². The van der Waals surface area contributed by atoms with Crippen LogP contribution in [0, 0.1) is 0 Å². The Morgan fingerprint density at radius 1 is 1.12 bits per heavy atom. The predicted octanol–water partition coefficient (Wildman–Crippen LogP) is 3.01. The molecule has 1 amide bonds. The van der Waals surface area contributed by atoms with Gasteiger partial charge in [-0.1, -0.05) is 42.5 Å². The molecule has 2 aromatic carbocycles. The molecule has 0 aromatic heterocycles. The number of amides is 1. The number of carbonyl (C=O) groups is 1. The molecule has 2 atom stereocenters. The molecule has 2 N–H and O–H groups in total. The highest BCUT2D eigenvalue weighted by Crippen LogP contribution is 2.30. The van der Waals surface area contributed by atoms with E-state index in [1.54, 1.807) is 0 Å². The van der Waals surface area contributed by atoms with Gasteiger partial charge in [0.15, 0.2) is 0 Å². The van der Waals surface area contributed by atoms with E-state index >= 15 is 0 Å². The average Bonchev–Trinajstić information content (AvgIpc) is 3.04. The summed E-state index contributed by atoms with van der Waals surface area (Å²) in [5, 5.41) is 6.65. The molecule has 4 rings (SSSR count). The third-order valence-electron chi connectivity index (χ3n) is 5.59. The first-order valence-electron chi connectivity index (χ1n) is 9.62. The number of hydrogen-bond acceptors (Lipinski definition) is 3. The van der Waals surface area contributed by atoms with Crippen LogP contribution in [0.3, 0.4) is 0 Å². The molecule has 26 heavy (non-hydrogen) atoms. The highest BCUT2D eigenvalue weighted by atomic mass is 16.1. The largest absolute Gasteiger partial charge is 0.367 e. The number of anilines is 1. The normalized spacial score (nSPS) is 22.2. The van der Waals surface area contributed by atoms with Crippen LogP contribution < -0.4 is 15.5 Å². The van der Waals surface area contributed by atoms with Crippen molar-refractivity contribution in [1.29, 1.82) is 0 Å². The summed E-state index contributed by atoms with van der Waals surface area (Å²) in [6.07, 6.45) is 2.66. The molecule has 0 spiro atoms. The molecule has 4 nitrogen and oxygen atoms in total. The number of nitrogens with zero attached hydrogens (tertiary/aromatic N) is 1. The number of hydrogen-bond donors (Lipinski definition) is 2. The quantitative estimate of drug-likeness (QED) is 0.872. The van der Waals surface area contributed by atoms with E-state index in [1.165, 1.54) is 22.4 Å². The van der Waals surface area contributed by atoms with Gasteiger partial charge in [0.1, 0.15) is 0 Å². The first-order valence-corrected chi connectivity index (χ1v) is 9.62. The highest BCUT2D eigenvalue weighted by Gasteiger charge is 2.25. The Kier molecular flexibility index (Phi) is 4.93. The third kappa shape index (κ3) is 3.75. The maximum absolute atomic E-state index is 11.4. The standard InChI is InChI=1S/C22H27N3O/c1-16-20(8-10-22(26)24-16)23-14-18-7-9-21-19(13-18)11-12-25(21)15-17-5-3-2-4-6-17/h2-7,9,13,16,20,23H,8,10-12,14-15H2,1H3,(H,24,26). The van der Waals surface area contributed by atoms with Crippen LogP contribution in [0.25, 0.3) is 0 Å². The smallest absolute Gasteiger partial charge is 0.220 e. The lowest BCUT2D eigenvalue weighted by atomic mass is 9.99. The Hall–Kier alpha value is -2.33. The number of carbonyl (C=O) groups excluding carboxylic acids is 1. The molecule has 2 aliphatic rings. The second-order valence-corrected chi connectivity index (χ2v) is 7.50. The maximum Gasteiger partial charge on any atom is 0.220 e. The monoisotopic (exact) mass is 349 g/mol. The van der Waals surface area contributed by atoms with Gasteiger partial charge >= 0.3 is 0 Å². The van der Waals surface area contributed by atoms with Crippen LogP contribution in [0.1, 0.15) is 36.5 Å². The van der Waals surface area contributed by atoms with E-state index in [9.17, 15) is 4.79 Å². The fraction of sp³-hybridized carbons (Fsp3) is 0.409. The highest BCUT2D eigenvalue weighted by molar-refractivity contribution is 5.77. The lowest BCUT2D eigenvalue weighted by molar-refractivity contribution is -0.123. The zero-order chi connectivity index (χ0) is 17.9. The zero-order valence-electron chi connectivity index (χ0n) is 15.4. The summed E-state index contributed by atoms with van der Waals surface area (Å²) in [6, 6.07) is 18.1. The summed E-state index contributed by atoms with van der Waals surface area (Å²) >= 11 is 0. The van der Waals surface area contributed by atoms with Crippen LogP contribution in [0.2, 0.25) is 0 Å². The number of fused-ring (bicyclic) bond motifs is 1. The van der Waals surface area contributed by atoms with Gasteiger partial charge < -0.3 is 15.5 Å². The summed E-state index contributed by atoms with van der Waals surface area (Å²) in [4.78, 5) is 13.9. The van der Waals surface area contributed by atoms with Crippen LogP contribution in [0.15, 0.2) is 48.5 Å². The summed E-state index contributed by atoms with van der Waals surface area (Å²) in [5.41, 5.74) is 5.51. The average molecular weight is 349 g/mol. The van der Waals surface area contributed by atoms with Crippen molar-refractivity contribution >= 4 is 11.6 Å². The minimum absolute atomic E-state index is 0.173. The fourth-order valence-electron chi connectivity index (χ4n) is 4.09. The van der Waals surface area contributed by atoms with E-state index in [-0.39, 0.29) is 11.9 Å². The van der Waals surface area contributed by atoms with E-state index in [0.29, 0.717) is 12.5 Å². The van der Waals surface area contributed by atoms with Gasteiger partial charge in [0.05, 0.1) is 0 Å². The minimum Gasteiger partial charge on any atom is -0.367 e. The molecule has 1 fully saturated rings. The molecule has 4 heteroatoms. The van der Waals surface area contributed by atoms with E-state index < -0.39 is 0 Å². The Morgan fingerprint density at radius 3 is 2.77 bits per heavy atom. The minimum atomic E-state index is 0.173. The lowest BCUT2D eigenvalue weighted by Gasteiger charge is -2.30. The SMILES string of the molecule is CC1NC(=O)CCC1NCc1ccc2c(c1)CCN2Cc1ccccc1. The second-order valence-electron chi connectivity index (χ2n) is 7.50. The molecule has 2 aromatic rings. The number of nitrogens with one attached hydrogen (secondary N) is 2. The van der Waals surface area contributed by atoms with Crippen molar-refractivity contribution in [2.75, 3.05) is 11.4 Å². The second kappa shape index (κ2) is 7.50. The van der Waals surface area contributed by atoms with Crippen LogP contribution in [-0.4, -0.2) is 24.5 Å². The zero-order valence-corrected chi connectivity index (χ0v) is 15.4. The van der Waals surface area contributed by atoms with Crippen molar-refractivity contribution in [1.82, 2.24) is 10.6 Å². The van der Waals surface area contributed by atoms with Crippen LogP contribution in [0.4, 0.5) is 5.69 Å². The summed E-state index contributed by atoms with van der Waals surface area (Å²) in [7, 11) is 0. The van der Waals surface area contributed by atoms with Crippen molar-refractivity contribution in [3.05, 3.63) is 65.2 Å². The van der Waals surface area contributed by atoms with Crippen molar-refractivity contribution < 1.29 is 4.79 Å². The van der Waals surface area contributed by atoms with E-state index in [4.69, 9.17) is 0 Å². The van der Waals surface area contributed by atoms with Gasteiger partial charge in [-0.2, -0.15) is 0 Å².